The molecule has 1 aromatic rings. The number of pyridine rings is 1. The Morgan fingerprint density at radius 3 is 2.88 bits per heavy atom. The van der Waals surface area contributed by atoms with E-state index >= 15 is 0 Å². The van der Waals surface area contributed by atoms with Gasteiger partial charge in [0.2, 0.25) is 0 Å². The van der Waals surface area contributed by atoms with E-state index in [1.165, 1.54) is 0 Å². The van der Waals surface area contributed by atoms with Gasteiger partial charge in [-0.25, -0.2) is 0 Å². The maximum Gasteiger partial charge on any atom is 0.181 e. The molecule has 1 atom stereocenters. The van der Waals surface area contributed by atoms with Crippen molar-refractivity contribution >= 4 is 5.78 Å². The van der Waals surface area contributed by atoms with E-state index in [2.05, 4.69) is 9.88 Å². The van der Waals surface area contributed by atoms with Gasteiger partial charge in [-0.05, 0) is 19.1 Å². The van der Waals surface area contributed by atoms with E-state index < -0.39 is 0 Å². The molecule has 1 aliphatic heterocycles. The first-order valence-electron chi connectivity index (χ1n) is 5.55. The lowest BCUT2D eigenvalue weighted by molar-refractivity contribution is 0.0208. The average Bonchev–Trinajstić information content (AvgIpc) is 2.39. The van der Waals surface area contributed by atoms with Crippen molar-refractivity contribution in [3.63, 3.8) is 0 Å². The van der Waals surface area contributed by atoms with Gasteiger partial charge < -0.3 is 4.74 Å². The molecule has 4 heteroatoms. The quantitative estimate of drug-likeness (QED) is 0.712. The second-order valence-corrected chi connectivity index (χ2v) is 3.93. The topological polar surface area (TPSA) is 42.4 Å². The fourth-order valence-corrected chi connectivity index (χ4v) is 1.88. The lowest BCUT2D eigenvalue weighted by atomic mass is 10.1. The molecule has 0 radical (unpaired) electrons. The summed E-state index contributed by atoms with van der Waals surface area (Å²) >= 11 is 0. The van der Waals surface area contributed by atoms with Crippen molar-refractivity contribution in [1.29, 1.82) is 0 Å². The van der Waals surface area contributed by atoms with Crippen LogP contribution in [0.5, 0.6) is 0 Å². The van der Waals surface area contributed by atoms with E-state index in [0.29, 0.717) is 18.8 Å². The van der Waals surface area contributed by atoms with Crippen LogP contribution in [0.25, 0.3) is 0 Å². The van der Waals surface area contributed by atoms with E-state index in [1.54, 1.807) is 18.5 Å². The Labute approximate surface area is 95.2 Å². The van der Waals surface area contributed by atoms with Crippen molar-refractivity contribution < 1.29 is 9.53 Å². The van der Waals surface area contributed by atoms with Crippen molar-refractivity contribution in [2.24, 2.45) is 0 Å². The van der Waals surface area contributed by atoms with Gasteiger partial charge in [-0.2, -0.15) is 0 Å². The third-order valence-corrected chi connectivity index (χ3v) is 2.92. The summed E-state index contributed by atoms with van der Waals surface area (Å²) in [7, 11) is 0. The summed E-state index contributed by atoms with van der Waals surface area (Å²) < 4.78 is 5.27. The van der Waals surface area contributed by atoms with E-state index in [-0.39, 0.29) is 11.8 Å². The van der Waals surface area contributed by atoms with Crippen molar-refractivity contribution in [1.82, 2.24) is 9.88 Å². The van der Waals surface area contributed by atoms with Crippen molar-refractivity contribution in [2.45, 2.75) is 13.0 Å². The minimum Gasteiger partial charge on any atom is -0.379 e. The van der Waals surface area contributed by atoms with Gasteiger partial charge in [0.05, 0.1) is 19.3 Å². The first-order valence-corrected chi connectivity index (χ1v) is 5.55. The molecule has 2 heterocycles. The van der Waals surface area contributed by atoms with Gasteiger partial charge in [-0.3, -0.25) is 14.7 Å². The zero-order valence-corrected chi connectivity index (χ0v) is 9.43. The Bertz CT molecular complexity index is 347. The molecule has 4 nitrogen and oxygen atoms in total. The van der Waals surface area contributed by atoms with Crippen LogP contribution < -0.4 is 0 Å². The summed E-state index contributed by atoms with van der Waals surface area (Å²) in [5, 5.41) is 0. The Hall–Kier alpha value is -1.26. The molecule has 0 bridgehead atoms. The summed E-state index contributed by atoms with van der Waals surface area (Å²) in [4.78, 5) is 18.2. The number of aromatic nitrogens is 1. The number of morpholine rings is 1. The highest BCUT2D eigenvalue weighted by Crippen LogP contribution is 2.09. The van der Waals surface area contributed by atoms with Crippen LogP contribution in [0.1, 0.15) is 17.3 Å². The fraction of sp³-hybridized carbons (Fsp3) is 0.500. The number of carbonyl (C=O) groups excluding carboxylic acids is 1. The largest absolute Gasteiger partial charge is 0.379 e. The highest BCUT2D eigenvalue weighted by Gasteiger charge is 2.23. The first kappa shape index (κ1) is 11.2. The Kier molecular flexibility index (Phi) is 3.64. The van der Waals surface area contributed by atoms with Crippen molar-refractivity contribution in [3.05, 3.63) is 30.1 Å². The lowest BCUT2D eigenvalue weighted by Gasteiger charge is -2.31. The molecular weight excluding hydrogens is 204 g/mol. The maximum absolute atomic E-state index is 12.1. The van der Waals surface area contributed by atoms with Gasteiger partial charge >= 0.3 is 0 Å². The van der Waals surface area contributed by atoms with E-state index in [1.807, 2.05) is 13.0 Å². The molecule has 0 saturated carbocycles. The van der Waals surface area contributed by atoms with Crippen molar-refractivity contribution in [3.8, 4) is 0 Å². The summed E-state index contributed by atoms with van der Waals surface area (Å²) in [5.41, 5.74) is 0.682. The minimum atomic E-state index is -0.0897. The van der Waals surface area contributed by atoms with Gasteiger partial charge in [-0.15, -0.1) is 0 Å². The third kappa shape index (κ3) is 2.46. The molecular formula is C12H16N2O2. The monoisotopic (exact) mass is 220 g/mol. The second kappa shape index (κ2) is 5.18. The summed E-state index contributed by atoms with van der Waals surface area (Å²) in [6.07, 6.45) is 3.30. The second-order valence-electron chi connectivity index (χ2n) is 3.93. The highest BCUT2D eigenvalue weighted by molar-refractivity contribution is 5.99. The van der Waals surface area contributed by atoms with Gasteiger partial charge in [0.25, 0.3) is 0 Å². The predicted octanol–water partition coefficient (Wildman–Crippen LogP) is 0.985. The smallest absolute Gasteiger partial charge is 0.181 e. The molecule has 2 rings (SSSR count). The minimum absolute atomic E-state index is 0.0897. The summed E-state index contributed by atoms with van der Waals surface area (Å²) in [6, 6.07) is 3.51. The van der Waals surface area contributed by atoms with Crippen LogP contribution in [0.3, 0.4) is 0 Å². The predicted molar refractivity (Wildman–Crippen MR) is 60.4 cm³/mol. The molecule has 1 aromatic heterocycles. The molecule has 1 fully saturated rings. The van der Waals surface area contributed by atoms with Gasteiger partial charge in [0.15, 0.2) is 5.78 Å². The molecule has 1 aliphatic rings. The molecule has 0 aliphatic carbocycles. The van der Waals surface area contributed by atoms with Gasteiger partial charge in [0, 0.05) is 31.0 Å². The molecule has 86 valence electrons. The zero-order valence-electron chi connectivity index (χ0n) is 9.43. The number of ether oxygens (including phenoxy) is 1. The number of hydrogen-bond acceptors (Lipinski definition) is 4. The van der Waals surface area contributed by atoms with E-state index in [4.69, 9.17) is 4.74 Å². The standard InChI is InChI=1S/C12H16N2O2/c1-10(14-5-7-16-8-6-14)12(15)11-3-2-4-13-9-11/h2-4,9-10H,5-8H2,1H3. The Balaban J connectivity index is 2.04. The third-order valence-electron chi connectivity index (χ3n) is 2.92. The Morgan fingerprint density at radius 2 is 2.25 bits per heavy atom. The fourth-order valence-electron chi connectivity index (χ4n) is 1.88. The van der Waals surface area contributed by atoms with Crippen LogP contribution in [-0.4, -0.2) is 48.0 Å². The number of Topliss-reactive ketones (excluding diaryl/α,β-unsaturated/α-hetero) is 1. The normalized spacial score (nSPS) is 19.3. The number of hydrogen-bond donors (Lipinski definition) is 0. The van der Waals surface area contributed by atoms with Crippen LogP contribution in [-0.2, 0) is 4.74 Å². The van der Waals surface area contributed by atoms with Crippen LogP contribution >= 0.6 is 0 Å². The van der Waals surface area contributed by atoms with Crippen molar-refractivity contribution in [2.75, 3.05) is 26.3 Å². The van der Waals surface area contributed by atoms with Crippen LogP contribution in [0, 0.1) is 0 Å². The Morgan fingerprint density at radius 1 is 1.50 bits per heavy atom. The van der Waals surface area contributed by atoms with E-state index in [0.717, 1.165) is 13.1 Å². The number of nitrogens with zero attached hydrogens (tertiary/aromatic N) is 2. The molecule has 0 aromatic carbocycles. The van der Waals surface area contributed by atoms with Gasteiger partial charge in [0.1, 0.15) is 0 Å². The van der Waals surface area contributed by atoms with E-state index in [9.17, 15) is 4.79 Å². The maximum atomic E-state index is 12.1. The van der Waals surface area contributed by atoms with Crippen LogP contribution in [0.2, 0.25) is 0 Å². The molecule has 0 N–H and O–H groups in total. The molecule has 0 spiro atoms. The number of rotatable bonds is 3. The highest BCUT2D eigenvalue weighted by atomic mass is 16.5. The first-order chi connectivity index (χ1) is 7.79. The van der Waals surface area contributed by atoms with Crippen LogP contribution in [0.4, 0.5) is 0 Å². The number of carbonyl (C=O) groups is 1. The molecule has 0 amide bonds. The molecule has 1 unspecified atom stereocenters. The average molecular weight is 220 g/mol. The summed E-state index contributed by atoms with van der Waals surface area (Å²) in [6.45, 7) is 5.02. The molecule has 16 heavy (non-hydrogen) atoms. The van der Waals surface area contributed by atoms with Gasteiger partial charge in [-0.1, -0.05) is 0 Å². The van der Waals surface area contributed by atoms with Crippen LogP contribution in [0.15, 0.2) is 24.5 Å². The number of ketones is 1. The lowest BCUT2D eigenvalue weighted by Crippen LogP contribution is -2.45. The SMILES string of the molecule is CC(C(=O)c1cccnc1)N1CCOCC1. The summed E-state index contributed by atoms with van der Waals surface area (Å²) in [5.74, 6) is 0.134. The molecule has 1 saturated heterocycles. The zero-order chi connectivity index (χ0) is 11.4.